The van der Waals surface area contributed by atoms with Crippen LogP contribution in [0.2, 0.25) is 0 Å². The lowest BCUT2D eigenvalue weighted by atomic mass is 9.82. The molecule has 0 saturated heterocycles. The number of benzene rings is 1. The van der Waals surface area contributed by atoms with E-state index in [1.807, 2.05) is 13.8 Å². The van der Waals surface area contributed by atoms with Crippen molar-refractivity contribution in [3.63, 3.8) is 0 Å². The molecule has 1 heterocycles. The van der Waals surface area contributed by atoms with Gasteiger partial charge >= 0.3 is 5.97 Å². The number of hydrogen-bond donors (Lipinski definition) is 0. The Morgan fingerprint density at radius 1 is 1.20 bits per heavy atom. The summed E-state index contributed by atoms with van der Waals surface area (Å²) in [6.45, 7) is 7.99. The molecule has 1 amide bonds. The third kappa shape index (κ3) is 4.71. The second-order valence-corrected chi connectivity index (χ2v) is 8.27. The molecule has 0 radical (unpaired) electrons. The first-order valence-electron chi connectivity index (χ1n) is 10.7. The minimum Gasteiger partial charge on any atom is -0.462 e. The molecule has 1 saturated carbocycles. The number of esters is 1. The predicted molar refractivity (Wildman–Crippen MR) is 113 cm³/mol. The molecule has 7 heteroatoms. The van der Waals surface area contributed by atoms with Crippen molar-refractivity contribution in [1.82, 2.24) is 9.78 Å². The summed E-state index contributed by atoms with van der Waals surface area (Å²) in [4.78, 5) is 27.7. The number of carbonyl (C=O) groups is 2. The number of hydrogen-bond acceptors (Lipinski definition) is 4. The van der Waals surface area contributed by atoms with Crippen LogP contribution in [-0.2, 0) is 9.53 Å². The zero-order valence-corrected chi connectivity index (χ0v) is 18.1. The van der Waals surface area contributed by atoms with E-state index in [1.54, 1.807) is 30.2 Å². The van der Waals surface area contributed by atoms with Crippen LogP contribution in [0.3, 0.4) is 0 Å². The smallest absolute Gasteiger partial charge is 0.343 e. The molecular weight excluding hydrogens is 385 g/mol. The van der Waals surface area contributed by atoms with E-state index in [9.17, 15) is 14.0 Å². The molecule has 3 rings (SSSR count). The molecule has 0 spiro atoms. The van der Waals surface area contributed by atoms with Gasteiger partial charge in [0.05, 0.1) is 12.3 Å². The Kier molecular flexibility index (Phi) is 6.90. The Hall–Kier alpha value is -2.70. The maximum Gasteiger partial charge on any atom is 0.343 e. The monoisotopic (exact) mass is 415 g/mol. The summed E-state index contributed by atoms with van der Waals surface area (Å²) in [6, 6.07) is 5.63. The van der Waals surface area contributed by atoms with Gasteiger partial charge in [0.15, 0.2) is 5.82 Å². The molecule has 6 nitrogen and oxygen atoms in total. The standard InChI is InChI=1S/C23H30FN3O3/c1-5-30-23(29)20-14-26(19-12-10-18(24)11-13-19)25-21(20)27(15(2)3)22(28)17-8-6-16(4)7-9-17/h10-17H,5-9H2,1-4H3/t16-,17-. The molecule has 0 aliphatic heterocycles. The fraction of sp³-hybridized carbons (Fsp3) is 0.522. The molecule has 0 atom stereocenters. The fourth-order valence-corrected chi connectivity index (χ4v) is 3.93. The van der Waals surface area contributed by atoms with Crippen molar-refractivity contribution in [2.75, 3.05) is 11.5 Å². The molecule has 1 aliphatic carbocycles. The first-order valence-corrected chi connectivity index (χ1v) is 10.7. The van der Waals surface area contributed by atoms with Crippen molar-refractivity contribution in [2.24, 2.45) is 11.8 Å². The van der Waals surface area contributed by atoms with Crippen LogP contribution < -0.4 is 4.90 Å². The summed E-state index contributed by atoms with van der Waals surface area (Å²) in [6.07, 6.45) is 5.29. The van der Waals surface area contributed by atoms with E-state index in [-0.39, 0.29) is 41.7 Å². The van der Waals surface area contributed by atoms with Crippen molar-refractivity contribution >= 4 is 17.7 Å². The van der Waals surface area contributed by atoms with Crippen LogP contribution in [-0.4, -0.2) is 34.3 Å². The number of anilines is 1. The molecule has 162 valence electrons. The maximum absolute atomic E-state index is 13.4. The highest BCUT2D eigenvalue weighted by Crippen LogP contribution is 2.33. The van der Waals surface area contributed by atoms with Crippen molar-refractivity contribution < 1.29 is 18.7 Å². The highest BCUT2D eigenvalue weighted by Gasteiger charge is 2.34. The predicted octanol–water partition coefficient (Wildman–Crippen LogP) is 4.76. The van der Waals surface area contributed by atoms with Gasteiger partial charge in [-0.05, 0) is 76.6 Å². The lowest BCUT2D eigenvalue weighted by Gasteiger charge is -2.32. The topological polar surface area (TPSA) is 64.4 Å². The lowest BCUT2D eigenvalue weighted by Crippen LogP contribution is -2.43. The van der Waals surface area contributed by atoms with Gasteiger partial charge < -0.3 is 4.74 Å². The summed E-state index contributed by atoms with van der Waals surface area (Å²) >= 11 is 0. The summed E-state index contributed by atoms with van der Waals surface area (Å²) in [5.74, 6) is -0.0500. The summed E-state index contributed by atoms with van der Waals surface area (Å²) < 4.78 is 20.0. The zero-order chi connectivity index (χ0) is 21.8. The van der Waals surface area contributed by atoms with Crippen LogP contribution >= 0.6 is 0 Å². The van der Waals surface area contributed by atoms with Gasteiger partial charge in [-0.25, -0.2) is 13.9 Å². The van der Waals surface area contributed by atoms with E-state index in [1.165, 1.54) is 16.8 Å². The Labute approximate surface area is 177 Å². The second kappa shape index (κ2) is 9.41. The first-order chi connectivity index (χ1) is 14.3. The average molecular weight is 416 g/mol. The van der Waals surface area contributed by atoms with Gasteiger partial charge in [-0.2, -0.15) is 0 Å². The molecule has 0 N–H and O–H groups in total. The number of rotatable bonds is 6. The number of aromatic nitrogens is 2. The second-order valence-electron chi connectivity index (χ2n) is 8.27. The summed E-state index contributed by atoms with van der Waals surface area (Å²) in [5.41, 5.74) is 0.822. The Morgan fingerprint density at radius 2 is 1.83 bits per heavy atom. The van der Waals surface area contributed by atoms with Crippen LogP contribution in [0, 0.1) is 17.7 Å². The molecule has 2 aromatic rings. The van der Waals surface area contributed by atoms with Gasteiger partial charge in [-0.15, -0.1) is 5.10 Å². The quantitative estimate of drug-likeness (QED) is 0.639. The minimum absolute atomic E-state index is 0.00759. The molecule has 1 aliphatic rings. The molecular formula is C23H30FN3O3. The SMILES string of the molecule is CCOC(=O)c1cn(-c2ccc(F)cc2)nc1N(C(=O)[C@H]1CC[C@H](C)CC1)C(C)C. The Balaban J connectivity index is 2.01. The van der Waals surface area contributed by atoms with Gasteiger partial charge in [0, 0.05) is 18.2 Å². The molecule has 0 unspecified atom stereocenters. The minimum atomic E-state index is -0.531. The van der Waals surface area contributed by atoms with Crippen molar-refractivity contribution in [3.8, 4) is 5.69 Å². The van der Waals surface area contributed by atoms with Gasteiger partial charge in [0.25, 0.3) is 0 Å². The highest BCUT2D eigenvalue weighted by atomic mass is 19.1. The fourth-order valence-electron chi connectivity index (χ4n) is 3.93. The van der Waals surface area contributed by atoms with Gasteiger partial charge in [-0.3, -0.25) is 9.69 Å². The van der Waals surface area contributed by atoms with Crippen LogP contribution in [0.4, 0.5) is 10.2 Å². The lowest BCUT2D eigenvalue weighted by molar-refractivity contribution is -0.123. The van der Waals surface area contributed by atoms with Crippen LogP contribution in [0.25, 0.3) is 5.69 Å². The first kappa shape index (κ1) is 22.0. The van der Waals surface area contributed by atoms with E-state index in [0.717, 1.165) is 25.7 Å². The highest BCUT2D eigenvalue weighted by molar-refractivity contribution is 6.02. The van der Waals surface area contributed by atoms with Gasteiger partial charge in [0.1, 0.15) is 11.4 Å². The molecule has 1 fully saturated rings. The van der Waals surface area contributed by atoms with Crippen molar-refractivity contribution in [2.45, 2.75) is 59.4 Å². The third-order valence-electron chi connectivity index (χ3n) is 5.63. The average Bonchev–Trinajstić information content (AvgIpc) is 3.14. The maximum atomic E-state index is 13.4. The van der Waals surface area contributed by atoms with Crippen LogP contribution in [0.5, 0.6) is 0 Å². The van der Waals surface area contributed by atoms with Gasteiger partial charge in [0.2, 0.25) is 5.91 Å². The van der Waals surface area contributed by atoms with E-state index in [2.05, 4.69) is 12.0 Å². The number of carbonyl (C=O) groups excluding carboxylic acids is 2. The van der Waals surface area contributed by atoms with Crippen LogP contribution in [0.15, 0.2) is 30.5 Å². The molecule has 1 aromatic carbocycles. The van der Waals surface area contributed by atoms with E-state index in [4.69, 9.17) is 4.74 Å². The van der Waals surface area contributed by atoms with Gasteiger partial charge in [-0.1, -0.05) is 6.92 Å². The zero-order valence-electron chi connectivity index (χ0n) is 18.1. The number of halogens is 1. The Morgan fingerprint density at radius 3 is 2.40 bits per heavy atom. The number of amides is 1. The van der Waals surface area contributed by atoms with Crippen molar-refractivity contribution in [3.05, 3.63) is 41.8 Å². The molecule has 30 heavy (non-hydrogen) atoms. The molecule has 0 bridgehead atoms. The summed E-state index contributed by atoms with van der Waals surface area (Å²) in [7, 11) is 0. The van der Waals surface area contributed by atoms with Crippen LogP contribution in [0.1, 0.15) is 63.7 Å². The van der Waals surface area contributed by atoms with E-state index < -0.39 is 5.97 Å². The Bertz CT molecular complexity index is 884. The van der Waals surface area contributed by atoms with E-state index >= 15 is 0 Å². The van der Waals surface area contributed by atoms with E-state index in [0.29, 0.717) is 11.6 Å². The normalized spacial score (nSPS) is 19.0. The number of ether oxygens (including phenoxy) is 1. The third-order valence-corrected chi connectivity index (χ3v) is 5.63. The molecule has 1 aromatic heterocycles. The summed E-state index contributed by atoms with van der Waals surface area (Å²) in [5, 5.41) is 4.56. The largest absolute Gasteiger partial charge is 0.462 e. The van der Waals surface area contributed by atoms with Crippen molar-refractivity contribution in [1.29, 1.82) is 0 Å². The number of nitrogens with zero attached hydrogens (tertiary/aromatic N) is 3.